The number of ether oxygens (including phenoxy) is 1. The summed E-state index contributed by atoms with van der Waals surface area (Å²) in [5.41, 5.74) is 4.22. The Morgan fingerprint density at radius 2 is 2.21 bits per heavy atom. The molecular formula is C15H13N5O4. The first-order valence-electron chi connectivity index (χ1n) is 6.87. The van der Waals surface area contributed by atoms with Crippen LogP contribution in [0.2, 0.25) is 0 Å². The van der Waals surface area contributed by atoms with Gasteiger partial charge in [0.05, 0.1) is 35.3 Å². The van der Waals surface area contributed by atoms with Crippen LogP contribution in [0.3, 0.4) is 0 Å². The number of non-ortho nitro benzene ring substituents is 1. The van der Waals surface area contributed by atoms with Crippen LogP contribution >= 0.6 is 0 Å². The van der Waals surface area contributed by atoms with E-state index >= 15 is 0 Å². The van der Waals surface area contributed by atoms with E-state index in [4.69, 9.17) is 4.74 Å². The summed E-state index contributed by atoms with van der Waals surface area (Å²) in [5.74, 6) is 0.164. The highest BCUT2D eigenvalue weighted by atomic mass is 16.6. The Morgan fingerprint density at radius 1 is 1.42 bits per heavy atom. The fourth-order valence-electron chi connectivity index (χ4n) is 2.14. The Labute approximate surface area is 135 Å². The molecule has 0 radical (unpaired) electrons. The predicted octanol–water partition coefficient (Wildman–Crippen LogP) is 2.63. The summed E-state index contributed by atoms with van der Waals surface area (Å²) in [6.07, 6.45) is 1.25. The second-order valence-corrected chi connectivity index (χ2v) is 4.82. The van der Waals surface area contributed by atoms with E-state index in [1.807, 2.05) is 24.3 Å². The number of hydrogen-bond acceptors (Lipinski definition) is 7. The van der Waals surface area contributed by atoms with Crippen LogP contribution in [0.15, 0.2) is 41.5 Å². The molecule has 1 aromatic heterocycles. The molecule has 0 aliphatic rings. The van der Waals surface area contributed by atoms with Gasteiger partial charge in [0.2, 0.25) is 5.95 Å². The van der Waals surface area contributed by atoms with Gasteiger partial charge in [0, 0.05) is 11.6 Å². The number of imidazole rings is 1. The Kier molecular flexibility index (Phi) is 3.98. The van der Waals surface area contributed by atoms with Gasteiger partial charge in [-0.15, -0.1) is 0 Å². The van der Waals surface area contributed by atoms with E-state index in [2.05, 4.69) is 20.5 Å². The molecule has 2 aromatic carbocycles. The van der Waals surface area contributed by atoms with Crippen molar-refractivity contribution < 1.29 is 14.8 Å². The molecule has 3 N–H and O–H groups in total. The number of para-hydroxylation sites is 2. The summed E-state index contributed by atoms with van der Waals surface area (Å²) in [4.78, 5) is 17.6. The molecule has 9 nitrogen and oxygen atoms in total. The van der Waals surface area contributed by atoms with Crippen LogP contribution in [0.5, 0.6) is 11.5 Å². The minimum atomic E-state index is -0.577. The average molecular weight is 327 g/mol. The third kappa shape index (κ3) is 2.95. The monoisotopic (exact) mass is 327 g/mol. The minimum Gasteiger partial charge on any atom is -0.504 e. The van der Waals surface area contributed by atoms with Crippen molar-refractivity contribution in [1.82, 2.24) is 9.97 Å². The van der Waals surface area contributed by atoms with Crippen LogP contribution in [-0.2, 0) is 0 Å². The van der Waals surface area contributed by atoms with Crippen LogP contribution in [0.25, 0.3) is 11.0 Å². The third-order valence-corrected chi connectivity index (χ3v) is 3.28. The molecule has 0 aliphatic carbocycles. The zero-order valence-electron chi connectivity index (χ0n) is 12.6. The SMILES string of the molecule is COc1cc([N+](=O)[O-])cc(C=NNc2nc3ccccc3[nH]2)c1O. The number of aromatic amines is 1. The molecule has 0 bridgehead atoms. The maximum absolute atomic E-state index is 10.9. The van der Waals surface area contributed by atoms with Crippen molar-refractivity contribution >= 4 is 28.9 Å². The van der Waals surface area contributed by atoms with Crippen molar-refractivity contribution in [2.75, 3.05) is 12.5 Å². The summed E-state index contributed by atoms with van der Waals surface area (Å²) in [7, 11) is 1.31. The van der Waals surface area contributed by atoms with Crippen molar-refractivity contribution in [3.63, 3.8) is 0 Å². The molecule has 1 heterocycles. The Morgan fingerprint density at radius 3 is 2.92 bits per heavy atom. The van der Waals surface area contributed by atoms with Gasteiger partial charge in [0.25, 0.3) is 5.69 Å². The normalized spacial score (nSPS) is 11.0. The smallest absolute Gasteiger partial charge is 0.274 e. The number of aromatic hydroxyl groups is 1. The standard InChI is InChI=1S/C15H13N5O4/c1-24-13-7-10(20(22)23)6-9(14(13)21)8-16-19-15-17-11-4-2-3-5-12(11)18-15/h2-8,21H,1H3,(H2,17,18,19). The number of aromatic nitrogens is 2. The van der Waals surface area contributed by atoms with Crippen LogP contribution in [0.4, 0.5) is 11.6 Å². The van der Waals surface area contributed by atoms with Gasteiger partial charge >= 0.3 is 0 Å². The van der Waals surface area contributed by atoms with Gasteiger partial charge in [-0.2, -0.15) is 5.10 Å². The summed E-state index contributed by atoms with van der Waals surface area (Å²) in [5, 5.41) is 24.9. The number of methoxy groups -OCH3 is 1. The van der Waals surface area contributed by atoms with Gasteiger partial charge in [0.15, 0.2) is 11.5 Å². The zero-order chi connectivity index (χ0) is 17.1. The third-order valence-electron chi connectivity index (χ3n) is 3.28. The van der Waals surface area contributed by atoms with E-state index in [1.54, 1.807) is 0 Å². The fraction of sp³-hybridized carbons (Fsp3) is 0.0667. The van der Waals surface area contributed by atoms with E-state index in [0.717, 1.165) is 17.1 Å². The molecule has 0 spiro atoms. The van der Waals surface area contributed by atoms with Crippen LogP contribution in [-0.4, -0.2) is 33.3 Å². The molecule has 3 aromatic rings. The van der Waals surface area contributed by atoms with Crippen molar-refractivity contribution in [2.24, 2.45) is 5.10 Å². The maximum Gasteiger partial charge on any atom is 0.274 e. The molecule has 3 rings (SSSR count). The molecule has 0 saturated carbocycles. The van der Waals surface area contributed by atoms with Crippen molar-refractivity contribution in [1.29, 1.82) is 0 Å². The number of nitrogens with zero attached hydrogens (tertiary/aromatic N) is 3. The number of phenolic OH excluding ortho intramolecular Hbond substituents is 1. The molecule has 0 unspecified atom stereocenters. The quantitative estimate of drug-likeness (QED) is 0.376. The second kappa shape index (κ2) is 6.24. The lowest BCUT2D eigenvalue weighted by molar-refractivity contribution is -0.385. The molecule has 24 heavy (non-hydrogen) atoms. The zero-order valence-corrected chi connectivity index (χ0v) is 12.6. The highest BCUT2D eigenvalue weighted by Crippen LogP contribution is 2.33. The van der Waals surface area contributed by atoms with Gasteiger partial charge in [-0.25, -0.2) is 10.4 Å². The van der Waals surface area contributed by atoms with Gasteiger partial charge in [-0.05, 0) is 12.1 Å². The van der Waals surface area contributed by atoms with Gasteiger partial charge < -0.3 is 14.8 Å². The Bertz CT molecular complexity index is 902. The van der Waals surface area contributed by atoms with Gasteiger partial charge in [0.1, 0.15) is 0 Å². The van der Waals surface area contributed by atoms with Crippen LogP contribution < -0.4 is 10.2 Å². The number of nitrogens with one attached hydrogen (secondary N) is 2. The number of hydrazone groups is 1. The number of anilines is 1. The topological polar surface area (TPSA) is 126 Å². The molecule has 122 valence electrons. The van der Waals surface area contributed by atoms with E-state index in [9.17, 15) is 15.2 Å². The van der Waals surface area contributed by atoms with Crippen LogP contribution in [0, 0.1) is 10.1 Å². The number of fused-ring (bicyclic) bond motifs is 1. The summed E-state index contributed by atoms with van der Waals surface area (Å²) in [6.45, 7) is 0. The highest BCUT2D eigenvalue weighted by Gasteiger charge is 2.15. The molecule has 0 atom stereocenters. The first-order chi connectivity index (χ1) is 11.6. The number of rotatable bonds is 5. The van der Waals surface area contributed by atoms with E-state index in [-0.39, 0.29) is 22.7 Å². The van der Waals surface area contributed by atoms with E-state index in [0.29, 0.717) is 5.95 Å². The summed E-state index contributed by atoms with van der Waals surface area (Å²) >= 11 is 0. The lowest BCUT2D eigenvalue weighted by Gasteiger charge is -2.05. The predicted molar refractivity (Wildman–Crippen MR) is 88.6 cm³/mol. The van der Waals surface area contributed by atoms with Gasteiger partial charge in [-0.3, -0.25) is 10.1 Å². The summed E-state index contributed by atoms with van der Waals surface area (Å²) < 4.78 is 4.93. The van der Waals surface area contributed by atoms with Gasteiger partial charge in [-0.1, -0.05) is 12.1 Å². The number of phenols is 1. The van der Waals surface area contributed by atoms with E-state index in [1.165, 1.54) is 19.4 Å². The molecule has 0 fully saturated rings. The second-order valence-electron chi connectivity index (χ2n) is 4.82. The van der Waals surface area contributed by atoms with E-state index < -0.39 is 4.92 Å². The van der Waals surface area contributed by atoms with Crippen molar-refractivity contribution in [3.8, 4) is 11.5 Å². The first-order valence-corrected chi connectivity index (χ1v) is 6.87. The average Bonchev–Trinajstić information content (AvgIpc) is 2.98. The first kappa shape index (κ1) is 15.3. The van der Waals surface area contributed by atoms with Crippen LogP contribution in [0.1, 0.15) is 5.56 Å². The molecule has 0 aliphatic heterocycles. The summed E-state index contributed by atoms with van der Waals surface area (Å²) in [6, 6.07) is 9.79. The Balaban J connectivity index is 1.85. The lowest BCUT2D eigenvalue weighted by Crippen LogP contribution is -1.96. The number of benzene rings is 2. The molecule has 0 amide bonds. The van der Waals surface area contributed by atoms with Crippen molar-refractivity contribution in [2.45, 2.75) is 0 Å². The number of H-pyrrole nitrogens is 1. The largest absolute Gasteiger partial charge is 0.504 e. The fourth-order valence-corrected chi connectivity index (χ4v) is 2.14. The molecule has 0 saturated heterocycles. The maximum atomic E-state index is 10.9. The number of nitro benzene ring substituents is 1. The number of hydrogen-bond donors (Lipinski definition) is 3. The Hall–Kier alpha value is -3.62. The lowest BCUT2D eigenvalue weighted by atomic mass is 10.2. The molecule has 9 heteroatoms. The number of nitro groups is 1. The van der Waals surface area contributed by atoms with Crippen molar-refractivity contribution in [3.05, 3.63) is 52.1 Å². The highest BCUT2D eigenvalue weighted by molar-refractivity contribution is 5.86. The molecular weight excluding hydrogens is 314 g/mol. The minimum absolute atomic E-state index is 0.00520.